The molecule has 0 spiro atoms. The van der Waals surface area contributed by atoms with Crippen LogP contribution in [-0.4, -0.2) is 45.3 Å². The first-order valence-corrected chi connectivity index (χ1v) is 14.4. The van der Waals surface area contributed by atoms with Crippen LogP contribution in [0.3, 0.4) is 0 Å². The monoisotopic (exact) mass is 573 g/mol. The highest BCUT2D eigenvalue weighted by Gasteiger charge is 2.41. The molecule has 3 atom stereocenters. The van der Waals surface area contributed by atoms with E-state index in [1.165, 1.54) is 19.2 Å². The second kappa shape index (κ2) is 11.6. The van der Waals surface area contributed by atoms with Gasteiger partial charge in [-0.3, -0.25) is 0 Å². The number of aromatic nitrogens is 3. The predicted octanol–water partition coefficient (Wildman–Crippen LogP) is 6.73. The summed E-state index contributed by atoms with van der Waals surface area (Å²) >= 11 is 6.59. The average Bonchev–Trinajstić information content (AvgIpc) is 3.72. The molecule has 2 aromatic heterocycles. The average molecular weight is 574 g/mol. The van der Waals surface area contributed by atoms with E-state index in [0.717, 1.165) is 34.9 Å². The van der Waals surface area contributed by atoms with E-state index in [1.807, 2.05) is 42.7 Å². The van der Waals surface area contributed by atoms with Gasteiger partial charge >= 0.3 is 11.9 Å². The van der Waals surface area contributed by atoms with Gasteiger partial charge in [0.25, 0.3) is 0 Å². The first-order valence-electron chi connectivity index (χ1n) is 14.0. The summed E-state index contributed by atoms with van der Waals surface area (Å²) in [5.74, 6) is -0.538. The van der Waals surface area contributed by atoms with Crippen molar-refractivity contribution < 1.29 is 23.8 Å². The molecular weight excluding hydrogens is 542 g/mol. The molecule has 2 unspecified atom stereocenters. The molecule has 41 heavy (non-hydrogen) atoms. The van der Waals surface area contributed by atoms with Crippen LogP contribution in [-0.2, 0) is 14.2 Å². The van der Waals surface area contributed by atoms with Crippen molar-refractivity contribution in [3.63, 3.8) is 0 Å². The number of hydrogen-bond acceptors (Lipinski definition) is 7. The molecule has 2 aliphatic rings. The van der Waals surface area contributed by atoms with E-state index >= 15 is 0 Å². The summed E-state index contributed by atoms with van der Waals surface area (Å²) in [6.07, 6.45) is 6.57. The molecule has 1 saturated carbocycles. The van der Waals surface area contributed by atoms with Gasteiger partial charge in [-0.15, -0.1) is 0 Å². The first kappa shape index (κ1) is 27.4. The number of benzene rings is 2. The van der Waals surface area contributed by atoms with E-state index in [-0.39, 0.29) is 6.61 Å². The van der Waals surface area contributed by atoms with Crippen molar-refractivity contribution in [1.29, 1.82) is 0 Å². The fourth-order valence-corrected chi connectivity index (χ4v) is 6.05. The summed E-state index contributed by atoms with van der Waals surface area (Å²) in [6.45, 7) is 3.84. The second-order valence-electron chi connectivity index (χ2n) is 11.0. The minimum atomic E-state index is -0.673. The Morgan fingerprint density at radius 3 is 2.24 bits per heavy atom. The Morgan fingerprint density at radius 2 is 1.59 bits per heavy atom. The Kier molecular flexibility index (Phi) is 7.77. The van der Waals surface area contributed by atoms with E-state index in [4.69, 9.17) is 25.8 Å². The van der Waals surface area contributed by atoms with E-state index in [1.54, 1.807) is 24.3 Å². The molecule has 1 aliphatic carbocycles. The molecule has 0 amide bonds. The fourth-order valence-electron chi connectivity index (χ4n) is 5.81. The lowest BCUT2D eigenvalue weighted by Crippen LogP contribution is -2.32. The normalized spacial score (nSPS) is 20.9. The zero-order chi connectivity index (χ0) is 28.5. The van der Waals surface area contributed by atoms with Crippen LogP contribution in [0.5, 0.6) is 0 Å². The lowest BCUT2D eigenvalue weighted by Gasteiger charge is -2.19. The van der Waals surface area contributed by atoms with E-state index in [0.29, 0.717) is 34.3 Å². The number of hydrogen-bond donors (Lipinski definition) is 0. The third-order valence-electron chi connectivity index (χ3n) is 8.09. The summed E-state index contributed by atoms with van der Waals surface area (Å²) < 4.78 is 20.0. The zero-order valence-electron chi connectivity index (χ0n) is 23.1. The van der Waals surface area contributed by atoms with Crippen LogP contribution in [0.4, 0.5) is 0 Å². The van der Waals surface area contributed by atoms with Crippen molar-refractivity contribution in [1.82, 2.24) is 14.5 Å². The van der Waals surface area contributed by atoms with Crippen LogP contribution in [0.1, 0.15) is 81.7 Å². The van der Waals surface area contributed by atoms with Gasteiger partial charge in [0.15, 0.2) is 0 Å². The maximum atomic E-state index is 13.1. The first-order chi connectivity index (χ1) is 19.9. The molecule has 1 saturated heterocycles. The van der Waals surface area contributed by atoms with E-state index in [2.05, 4.69) is 16.2 Å². The molecule has 2 aromatic carbocycles. The third kappa shape index (κ3) is 5.72. The summed E-state index contributed by atoms with van der Waals surface area (Å²) in [4.78, 5) is 34.7. The van der Waals surface area contributed by atoms with Crippen LogP contribution < -0.4 is 0 Å². The molecule has 3 heterocycles. The molecule has 2 fully saturated rings. The molecule has 0 N–H and O–H groups in total. The van der Waals surface area contributed by atoms with Crippen LogP contribution in [0.2, 0.25) is 5.15 Å². The van der Waals surface area contributed by atoms with Crippen molar-refractivity contribution in [2.24, 2.45) is 0 Å². The SMILES string of the molecule is Cc1ccc(C(=O)OCC2OC(n3cc(C4CCCC4)c4c(Cl)ncnc43)C[C@@H]2OC(=O)c2ccc(C)cc2)cc1. The maximum Gasteiger partial charge on any atom is 0.338 e. The summed E-state index contributed by atoms with van der Waals surface area (Å²) in [5.41, 5.74) is 4.79. The third-order valence-corrected chi connectivity index (χ3v) is 8.38. The molecule has 212 valence electrons. The number of fused-ring (bicyclic) bond motifs is 1. The van der Waals surface area contributed by atoms with Gasteiger partial charge in [0.05, 0.1) is 16.5 Å². The number of aryl methyl sites for hydroxylation is 2. The molecule has 6 rings (SSSR count). The smallest absolute Gasteiger partial charge is 0.338 e. The van der Waals surface area contributed by atoms with E-state index < -0.39 is 30.4 Å². The molecule has 8 nitrogen and oxygen atoms in total. The van der Waals surface area contributed by atoms with Crippen LogP contribution in [0, 0.1) is 13.8 Å². The molecule has 9 heteroatoms. The lowest BCUT2D eigenvalue weighted by atomic mass is 9.98. The predicted molar refractivity (Wildman–Crippen MR) is 154 cm³/mol. The Morgan fingerprint density at radius 1 is 0.951 bits per heavy atom. The molecule has 4 aromatic rings. The number of esters is 2. The second-order valence-corrected chi connectivity index (χ2v) is 11.3. The van der Waals surface area contributed by atoms with Crippen LogP contribution >= 0.6 is 11.6 Å². The largest absolute Gasteiger partial charge is 0.459 e. The Labute approximate surface area is 243 Å². The molecule has 0 bridgehead atoms. The Hall–Kier alpha value is -3.75. The van der Waals surface area contributed by atoms with Crippen molar-refractivity contribution >= 4 is 34.6 Å². The van der Waals surface area contributed by atoms with Gasteiger partial charge in [0.1, 0.15) is 42.2 Å². The van der Waals surface area contributed by atoms with Crippen molar-refractivity contribution in [3.8, 4) is 0 Å². The topological polar surface area (TPSA) is 92.5 Å². The Balaban J connectivity index is 1.27. The van der Waals surface area contributed by atoms with Crippen molar-refractivity contribution in [2.45, 2.75) is 70.3 Å². The number of nitrogens with zero attached hydrogens (tertiary/aromatic N) is 3. The molecule has 1 aliphatic heterocycles. The molecular formula is C32H32ClN3O5. The summed E-state index contributed by atoms with van der Waals surface area (Å²) in [6, 6.07) is 14.4. The minimum Gasteiger partial charge on any atom is -0.459 e. The van der Waals surface area contributed by atoms with E-state index in [9.17, 15) is 9.59 Å². The van der Waals surface area contributed by atoms with Gasteiger partial charge in [-0.05, 0) is 62.4 Å². The minimum absolute atomic E-state index is 0.0700. The number of ether oxygens (including phenoxy) is 3. The van der Waals surface area contributed by atoms with Gasteiger partial charge in [-0.2, -0.15) is 0 Å². The van der Waals surface area contributed by atoms with Gasteiger partial charge in [0, 0.05) is 12.6 Å². The number of carbonyl (C=O) groups excluding carboxylic acids is 2. The number of halogens is 1. The van der Waals surface area contributed by atoms with Gasteiger partial charge in [-0.25, -0.2) is 19.6 Å². The quantitative estimate of drug-likeness (QED) is 0.179. The molecule has 0 radical (unpaired) electrons. The zero-order valence-corrected chi connectivity index (χ0v) is 23.8. The van der Waals surface area contributed by atoms with Gasteiger partial charge < -0.3 is 18.8 Å². The van der Waals surface area contributed by atoms with Crippen molar-refractivity contribution in [3.05, 3.63) is 94.0 Å². The highest BCUT2D eigenvalue weighted by atomic mass is 35.5. The van der Waals surface area contributed by atoms with Gasteiger partial charge in [-0.1, -0.05) is 59.8 Å². The highest BCUT2D eigenvalue weighted by molar-refractivity contribution is 6.34. The summed E-state index contributed by atoms with van der Waals surface area (Å²) in [5, 5.41) is 1.26. The van der Waals surface area contributed by atoms with Crippen molar-refractivity contribution in [2.75, 3.05) is 6.61 Å². The number of rotatable bonds is 7. The summed E-state index contributed by atoms with van der Waals surface area (Å²) in [7, 11) is 0. The standard InChI is InChI=1S/C32H32ClN3O5/c1-19-7-11-22(12-8-19)31(37)39-17-26-25(41-32(38)23-13-9-20(2)10-14-23)15-27(40-26)36-16-24(21-5-3-4-6-21)28-29(33)34-18-35-30(28)36/h7-14,16,18,21,25-27H,3-6,15,17H2,1-2H3/t25-,26?,27?/m0/s1. The van der Waals surface area contributed by atoms with Crippen LogP contribution in [0.15, 0.2) is 61.1 Å². The van der Waals surface area contributed by atoms with Gasteiger partial charge in [0.2, 0.25) is 0 Å². The number of carbonyl (C=O) groups is 2. The van der Waals surface area contributed by atoms with Crippen LogP contribution in [0.25, 0.3) is 11.0 Å². The highest BCUT2D eigenvalue weighted by Crippen LogP contribution is 2.42. The maximum absolute atomic E-state index is 13.1. The fraction of sp³-hybridized carbons (Fsp3) is 0.375. The lowest BCUT2D eigenvalue weighted by molar-refractivity contribution is -0.0562. The Bertz CT molecular complexity index is 1560.